The zero-order chi connectivity index (χ0) is 29.3. The summed E-state index contributed by atoms with van der Waals surface area (Å²) in [6.07, 6.45) is 4.77. The highest BCUT2D eigenvalue weighted by atomic mass is 32.2. The molecule has 3 unspecified atom stereocenters. The average Bonchev–Trinajstić information content (AvgIpc) is 3.70. The number of carbonyl (C=O) groups is 4. The number of ketones is 1. The fourth-order valence-electron chi connectivity index (χ4n) is 5.31. The Balaban J connectivity index is 1.33. The van der Waals surface area contributed by atoms with E-state index in [4.69, 9.17) is 0 Å². The lowest BCUT2D eigenvalue weighted by atomic mass is 10.0. The van der Waals surface area contributed by atoms with E-state index in [-0.39, 0.29) is 24.4 Å². The van der Waals surface area contributed by atoms with Crippen molar-refractivity contribution < 1.29 is 27.6 Å². The molecule has 1 N–H and O–H groups in total. The Bertz CT molecular complexity index is 1580. The third-order valence-corrected chi connectivity index (χ3v) is 9.99. The van der Waals surface area contributed by atoms with Crippen molar-refractivity contribution in [1.82, 2.24) is 24.5 Å². The second-order valence-corrected chi connectivity index (χ2v) is 13.3. The van der Waals surface area contributed by atoms with Gasteiger partial charge in [-0.05, 0) is 55.2 Å². The Morgan fingerprint density at radius 3 is 2.59 bits per heavy atom. The Kier molecular flexibility index (Phi) is 8.11. The maximum Gasteiger partial charge on any atom is 0.293 e. The van der Waals surface area contributed by atoms with E-state index in [0.29, 0.717) is 11.3 Å². The van der Waals surface area contributed by atoms with Crippen molar-refractivity contribution >= 4 is 44.1 Å². The number of Topliss-reactive ketones (excluding diaryl/α,β-unsaturated/α-hetero) is 1. The number of nitrogens with one attached hydrogen (secondary N) is 1. The van der Waals surface area contributed by atoms with Crippen LogP contribution >= 0.6 is 11.3 Å². The first-order valence-electron chi connectivity index (χ1n) is 13.2. The Hall–Kier alpha value is -3.81. The zero-order valence-corrected chi connectivity index (χ0v) is 24.1. The molecular weight excluding hydrogens is 566 g/mol. The molecule has 5 heterocycles. The van der Waals surface area contributed by atoms with Crippen molar-refractivity contribution in [2.75, 3.05) is 13.1 Å². The molecule has 3 aromatic rings. The Labute approximate surface area is 241 Å². The topological polar surface area (TPSA) is 147 Å². The SMILES string of the molecule is CC(C)CC(NC(=O)c1ccc(-c2ccccn2)s1)C(=O)N1CCC2C1C(=O)CN2S(=O)(=O)C(=O)c1cccnc1. The minimum Gasteiger partial charge on any atom is -0.340 e. The molecular formula is C28H29N5O6S2. The summed E-state index contributed by atoms with van der Waals surface area (Å²) in [7, 11) is -4.52. The molecule has 2 aliphatic heterocycles. The van der Waals surface area contributed by atoms with E-state index in [1.165, 1.54) is 34.6 Å². The van der Waals surface area contributed by atoms with Gasteiger partial charge < -0.3 is 10.2 Å². The van der Waals surface area contributed by atoms with Crippen LogP contribution in [0.15, 0.2) is 61.1 Å². The van der Waals surface area contributed by atoms with E-state index in [1.807, 2.05) is 26.0 Å². The van der Waals surface area contributed by atoms with Gasteiger partial charge in [-0.25, -0.2) is 8.42 Å². The molecule has 3 aromatic heterocycles. The highest BCUT2D eigenvalue weighted by molar-refractivity contribution is 8.04. The van der Waals surface area contributed by atoms with Gasteiger partial charge in [0.25, 0.3) is 21.0 Å². The second-order valence-electron chi connectivity index (χ2n) is 10.4. The zero-order valence-electron chi connectivity index (χ0n) is 22.5. The molecule has 0 spiro atoms. The fraction of sp³-hybridized carbons (Fsp3) is 0.357. The Morgan fingerprint density at radius 1 is 1.10 bits per heavy atom. The highest BCUT2D eigenvalue weighted by Gasteiger charge is 2.55. The van der Waals surface area contributed by atoms with Crippen LogP contribution in [0.4, 0.5) is 0 Å². The molecule has 5 rings (SSSR count). The van der Waals surface area contributed by atoms with Crippen LogP contribution in [0, 0.1) is 5.92 Å². The lowest BCUT2D eigenvalue weighted by Gasteiger charge is -2.29. The van der Waals surface area contributed by atoms with Gasteiger partial charge in [0.05, 0.1) is 33.6 Å². The number of thiophene rings is 1. The minimum atomic E-state index is -4.52. The van der Waals surface area contributed by atoms with Gasteiger partial charge in [0.2, 0.25) is 5.91 Å². The lowest BCUT2D eigenvalue weighted by Crippen LogP contribution is -2.53. The molecule has 0 saturated carbocycles. The maximum absolute atomic E-state index is 13.8. The minimum absolute atomic E-state index is 0.0447. The normalized spacial score (nSPS) is 19.8. The van der Waals surface area contributed by atoms with Crippen molar-refractivity contribution in [2.45, 2.75) is 44.8 Å². The average molecular weight is 596 g/mol. The number of nitrogens with zero attached hydrogens (tertiary/aromatic N) is 4. The molecule has 2 aliphatic rings. The summed E-state index contributed by atoms with van der Waals surface area (Å²) in [4.78, 5) is 63.6. The van der Waals surface area contributed by atoms with Crippen molar-refractivity contribution in [3.63, 3.8) is 0 Å². The lowest BCUT2D eigenvalue weighted by molar-refractivity contribution is -0.138. The third-order valence-electron chi connectivity index (χ3n) is 7.16. The van der Waals surface area contributed by atoms with Crippen molar-refractivity contribution in [2.24, 2.45) is 5.92 Å². The van der Waals surface area contributed by atoms with Gasteiger partial charge in [-0.15, -0.1) is 11.3 Å². The molecule has 0 aromatic carbocycles. The summed E-state index contributed by atoms with van der Waals surface area (Å²) in [6, 6.07) is 8.97. The summed E-state index contributed by atoms with van der Waals surface area (Å²) in [5, 5.41) is 1.69. The standard InChI is InChI=1S/C28H29N5O6S2/c1-17(2)14-20(31-26(35)24-9-8-23(40-24)19-7-3-4-12-30-19)27(36)32-13-10-21-25(32)22(34)16-33(21)41(38,39)28(37)18-6-5-11-29-15-18/h3-9,11-12,15,17,20-21,25H,10,13-14,16H2,1-2H3,(H,31,35). The van der Waals surface area contributed by atoms with Crippen molar-refractivity contribution in [1.29, 1.82) is 0 Å². The van der Waals surface area contributed by atoms with E-state index in [0.717, 1.165) is 21.1 Å². The summed E-state index contributed by atoms with van der Waals surface area (Å²) in [6.45, 7) is 3.46. The number of aromatic nitrogens is 2. The summed E-state index contributed by atoms with van der Waals surface area (Å²) in [5.41, 5.74) is 0.629. The highest BCUT2D eigenvalue weighted by Crippen LogP contribution is 2.34. The van der Waals surface area contributed by atoms with Crippen LogP contribution in [0.1, 0.15) is 46.7 Å². The van der Waals surface area contributed by atoms with Gasteiger partial charge in [-0.1, -0.05) is 19.9 Å². The molecule has 41 heavy (non-hydrogen) atoms. The number of hydrogen-bond acceptors (Lipinski definition) is 9. The number of hydrogen-bond donors (Lipinski definition) is 1. The first-order chi connectivity index (χ1) is 19.6. The van der Waals surface area contributed by atoms with Crippen molar-refractivity contribution in [3.8, 4) is 10.6 Å². The monoisotopic (exact) mass is 595 g/mol. The number of likely N-dealkylation sites (tertiary alicyclic amines) is 1. The first kappa shape index (κ1) is 28.7. The summed E-state index contributed by atoms with van der Waals surface area (Å²) < 4.78 is 27.3. The molecule has 2 fully saturated rings. The van der Waals surface area contributed by atoms with Gasteiger partial charge in [-0.2, -0.15) is 4.31 Å². The number of carbonyl (C=O) groups excluding carboxylic acids is 4. The summed E-state index contributed by atoms with van der Waals surface area (Å²) in [5.74, 6) is -1.29. The molecule has 2 amide bonds. The summed E-state index contributed by atoms with van der Waals surface area (Å²) >= 11 is 1.26. The van der Waals surface area contributed by atoms with Crippen LogP contribution in [0.3, 0.4) is 0 Å². The predicted molar refractivity (Wildman–Crippen MR) is 151 cm³/mol. The maximum atomic E-state index is 13.8. The van der Waals surface area contributed by atoms with Gasteiger partial charge in [0.15, 0.2) is 5.78 Å². The van der Waals surface area contributed by atoms with Gasteiger partial charge in [-0.3, -0.25) is 29.1 Å². The van der Waals surface area contributed by atoms with E-state index in [2.05, 4.69) is 15.3 Å². The number of fused-ring (bicyclic) bond motifs is 1. The molecule has 0 bridgehead atoms. The van der Waals surface area contributed by atoms with Crippen LogP contribution in [-0.2, 0) is 19.6 Å². The number of pyridine rings is 2. The molecule has 13 heteroatoms. The van der Waals surface area contributed by atoms with E-state index in [9.17, 15) is 27.6 Å². The van der Waals surface area contributed by atoms with E-state index < -0.39 is 57.4 Å². The molecule has 214 valence electrons. The molecule has 3 atom stereocenters. The van der Waals surface area contributed by atoms with Gasteiger partial charge >= 0.3 is 0 Å². The largest absolute Gasteiger partial charge is 0.340 e. The van der Waals surface area contributed by atoms with Crippen LogP contribution in [0.2, 0.25) is 0 Å². The van der Waals surface area contributed by atoms with E-state index >= 15 is 0 Å². The quantitative estimate of drug-likeness (QED) is 0.418. The van der Waals surface area contributed by atoms with Crippen LogP contribution < -0.4 is 5.32 Å². The fourth-order valence-corrected chi connectivity index (χ4v) is 7.70. The van der Waals surface area contributed by atoms with Crippen LogP contribution in [0.5, 0.6) is 0 Å². The second kappa shape index (κ2) is 11.6. The number of sulfonamides is 1. The molecule has 0 radical (unpaired) electrons. The van der Waals surface area contributed by atoms with Crippen LogP contribution in [-0.4, -0.2) is 81.5 Å². The molecule has 0 aliphatic carbocycles. The predicted octanol–water partition coefficient (Wildman–Crippen LogP) is 2.37. The molecule has 2 saturated heterocycles. The van der Waals surface area contributed by atoms with Gasteiger partial charge in [0, 0.05) is 25.1 Å². The Morgan fingerprint density at radius 2 is 1.90 bits per heavy atom. The molecule has 11 nitrogen and oxygen atoms in total. The number of rotatable bonds is 8. The van der Waals surface area contributed by atoms with Gasteiger partial charge in [0.1, 0.15) is 12.1 Å². The van der Waals surface area contributed by atoms with Crippen LogP contribution in [0.25, 0.3) is 10.6 Å². The number of amides is 2. The van der Waals surface area contributed by atoms with E-state index in [1.54, 1.807) is 24.4 Å². The first-order valence-corrected chi connectivity index (χ1v) is 15.4. The third kappa shape index (κ3) is 5.69. The smallest absolute Gasteiger partial charge is 0.293 e. The van der Waals surface area contributed by atoms with Crippen molar-refractivity contribution in [3.05, 3.63) is 71.5 Å².